The van der Waals surface area contributed by atoms with Crippen LogP contribution in [0.25, 0.3) is 0 Å². The first-order valence-corrected chi connectivity index (χ1v) is 11.1. The number of aryl methyl sites for hydroxylation is 1. The first-order chi connectivity index (χ1) is 16.4. The Morgan fingerprint density at radius 2 is 1.82 bits per heavy atom. The Balaban J connectivity index is 1.57. The molecule has 4 rings (SSSR count). The predicted octanol–water partition coefficient (Wildman–Crippen LogP) is 0.353. The molecule has 0 radical (unpaired) electrons. The Bertz CT molecular complexity index is 996. The maximum Gasteiger partial charge on any atom is 0.229 e. The fraction of sp³-hybridized carbons (Fsp3) is 0.500. The van der Waals surface area contributed by atoms with Crippen LogP contribution in [-0.4, -0.2) is 82.2 Å². The predicted molar refractivity (Wildman–Crippen MR) is 118 cm³/mol. The minimum atomic E-state index is -1.46. The van der Waals surface area contributed by atoms with E-state index in [1.165, 1.54) is 7.11 Å². The van der Waals surface area contributed by atoms with Gasteiger partial charge in [-0.25, -0.2) is 0 Å². The lowest BCUT2D eigenvalue weighted by molar-refractivity contribution is -0.242. The summed E-state index contributed by atoms with van der Waals surface area (Å²) >= 11 is 0. The van der Waals surface area contributed by atoms with Crippen LogP contribution in [0.3, 0.4) is 0 Å². The minimum absolute atomic E-state index is 0.0255. The number of phenols is 1. The van der Waals surface area contributed by atoms with Gasteiger partial charge in [0.2, 0.25) is 6.29 Å². The molecular formula is C24H30O10. The number of hydrogen-bond acceptors (Lipinski definition) is 10. The van der Waals surface area contributed by atoms with Gasteiger partial charge in [0.1, 0.15) is 24.4 Å². The van der Waals surface area contributed by atoms with E-state index >= 15 is 0 Å². The van der Waals surface area contributed by atoms with E-state index < -0.39 is 36.6 Å². The average molecular weight is 478 g/mol. The summed E-state index contributed by atoms with van der Waals surface area (Å²) in [5.41, 5.74) is 2.19. The number of ether oxygens (including phenoxy) is 4. The molecule has 0 amide bonds. The molecule has 1 saturated heterocycles. The molecule has 34 heavy (non-hydrogen) atoms. The molecule has 0 saturated carbocycles. The summed E-state index contributed by atoms with van der Waals surface area (Å²) in [6.45, 7) is -0.375. The zero-order chi connectivity index (χ0) is 24.4. The van der Waals surface area contributed by atoms with Crippen molar-refractivity contribution >= 4 is 0 Å². The highest BCUT2D eigenvalue weighted by Crippen LogP contribution is 2.51. The van der Waals surface area contributed by atoms with Crippen molar-refractivity contribution in [3.8, 4) is 23.0 Å². The fourth-order valence-corrected chi connectivity index (χ4v) is 4.36. The van der Waals surface area contributed by atoms with Gasteiger partial charge in [-0.1, -0.05) is 12.1 Å². The summed E-state index contributed by atoms with van der Waals surface area (Å²) in [6, 6.07) is 8.44. The molecule has 2 aromatic carbocycles. The van der Waals surface area contributed by atoms with Crippen molar-refractivity contribution in [2.75, 3.05) is 26.9 Å². The van der Waals surface area contributed by atoms with Gasteiger partial charge in [-0.15, -0.1) is 0 Å². The molecule has 0 spiro atoms. The Labute approximate surface area is 196 Å². The third-order valence-electron chi connectivity index (χ3n) is 6.20. The standard InChI is InChI=1S/C24H30O10/c1-31-19-9-13(4-5-18(19)33-24-21(30)20(29)17(28)11-32-24)22-15(10-26)14-7-12(3-2-6-25)8-16(27)23(14)34-22/h4-5,7-9,15,17,20-22,24-30H,2-3,6,10-11H2,1H3/t15-,17-,20+,21-,22+,24-/m1/s1. The number of aliphatic hydroxyl groups excluding tert-OH is 5. The van der Waals surface area contributed by atoms with Gasteiger partial charge in [0.15, 0.2) is 23.0 Å². The van der Waals surface area contributed by atoms with Gasteiger partial charge in [-0.2, -0.15) is 0 Å². The second-order valence-electron chi connectivity index (χ2n) is 8.47. The van der Waals surface area contributed by atoms with E-state index in [2.05, 4.69) is 0 Å². The topological polar surface area (TPSA) is 158 Å². The number of methoxy groups -OCH3 is 1. The molecule has 186 valence electrons. The van der Waals surface area contributed by atoms with E-state index in [9.17, 15) is 25.5 Å². The van der Waals surface area contributed by atoms with Gasteiger partial charge in [-0.05, 0) is 42.2 Å². The molecular weight excluding hydrogens is 448 g/mol. The van der Waals surface area contributed by atoms with Gasteiger partial charge in [-0.3, -0.25) is 0 Å². The molecule has 2 aliphatic heterocycles. The third-order valence-corrected chi connectivity index (χ3v) is 6.20. The van der Waals surface area contributed by atoms with E-state index in [0.29, 0.717) is 35.5 Å². The van der Waals surface area contributed by atoms with E-state index in [4.69, 9.17) is 24.1 Å². The van der Waals surface area contributed by atoms with E-state index in [1.807, 2.05) is 6.07 Å². The van der Waals surface area contributed by atoms with E-state index in [0.717, 1.165) is 5.56 Å². The normalized spacial score (nSPS) is 28.3. The maximum atomic E-state index is 10.5. The van der Waals surface area contributed by atoms with Gasteiger partial charge >= 0.3 is 0 Å². The summed E-state index contributed by atoms with van der Waals surface area (Å²) < 4.78 is 22.5. The van der Waals surface area contributed by atoms with Crippen LogP contribution in [-0.2, 0) is 11.2 Å². The Hall–Kier alpha value is -2.60. The lowest BCUT2D eigenvalue weighted by Crippen LogP contribution is -2.54. The van der Waals surface area contributed by atoms with Gasteiger partial charge in [0.25, 0.3) is 0 Å². The number of fused-ring (bicyclic) bond motifs is 1. The van der Waals surface area contributed by atoms with Crippen LogP contribution in [0, 0.1) is 0 Å². The smallest absolute Gasteiger partial charge is 0.229 e. The third kappa shape index (κ3) is 4.65. The first kappa shape index (κ1) is 24.5. The van der Waals surface area contributed by atoms with Crippen molar-refractivity contribution in [1.29, 1.82) is 0 Å². The van der Waals surface area contributed by atoms with Crippen LogP contribution < -0.4 is 14.2 Å². The SMILES string of the molecule is COc1cc([C@@H]2Oc3c(O)cc(CCCO)cc3[C@H]2CO)ccc1O[C@H]1OC[C@@H](O)[C@H](O)[C@H]1O. The number of hydrogen-bond donors (Lipinski definition) is 6. The number of rotatable bonds is 8. The van der Waals surface area contributed by atoms with E-state index in [1.54, 1.807) is 24.3 Å². The first-order valence-electron chi connectivity index (χ1n) is 11.1. The number of aromatic hydroxyl groups is 1. The molecule has 6 atom stereocenters. The largest absolute Gasteiger partial charge is 0.504 e. The van der Waals surface area contributed by atoms with Crippen LogP contribution in [0.5, 0.6) is 23.0 Å². The Morgan fingerprint density at radius 3 is 2.53 bits per heavy atom. The summed E-state index contributed by atoms with van der Waals surface area (Å²) in [5.74, 6) is 0.388. The molecule has 0 aliphatic carbocycles. The highest BCUT2D eigenvalue weighted by Gasteiger charge is 2.40. The molecule has 10 nitrogen and oxygen atoms in total. The summed E-state index contributed by atoms with van der Waals surface area (Å²) in [4.78, 5) is 0. The molecule has 6 N–H and O–H groups in total. The Kier molecular flexibility index (Phi) is 7.46. The van der Waals surface area contributed by atoms with Crippen LogP contribution in [0.15, 0.2) is 30.3 Å². The molecule has 0 aromatic heterocycles. The van der Waals surface area contributed by atoms with Gasteiger partial charge in [0, 0.05) is 12.2 Å². The van der Waals surface area contributed by atoms with Crippen LogP contribution in [0.2, 0.25) is 0 Å². The lowest BCUT2D eigenvalue weighted by Gasteiger charge is -2.35. The lowest BCUT2D eigenvalue weighted by atomic mass is 9.90. The van der Waals surface area contributed by atoms with Gasteiger partial charge < -0.3 is 49.6 Å². The molecule has 2 heterocycles. The van der Waals surface area contributed by atoms with E-state index in [-0.39, 0.29) is 31.3 Å². The van der Waals surface area contributed by atoms with Gasteiger partial charge in [0.05, 0.1) is 26.2 Å². The zero-order valence-electron chi connectivity index (χ0n) is 18.7. The summed E-state index contributed by atoms with van der Waals surface area (Å²) in [7, 11) is 1.44. The maximum absolute atomic E-state index is 10.5. The molecule has 10 heteroatoms. The monoisotopic (exact) mass is 478 g/mol. The van der Waals surface area contributed by atoms with Crippen LogP contribution in [0.1, 0.15) is 35.1 Å². The molecule has 2 aliphatic rings. The van der Waals surface area contributed by atoms with Crippen molar-refractivity contribution in [3.63, 3.8) is 0 Å². The van der Waals surface area contributed by atoms with Crippen molar-refractivity contribution in [2.24, 2.45) is 0 Å². The quantitative estimate of drug-likeness (QED) is 0.313. The minimum Gasteiger partial charge on any atom is -0.504 e. The molecule has 1 fully saturated rings. The molecule has 0 unspecified atom stereocenters. The van der Waals surface area contributed by atoms with Crippen molar-refractivity contribution < 1.29 is 49.6 Å². The number of phenolic OH excluding ortho intramolecular Hbond substituents is 1. The summed E-state index contributed by atoms with van der Waals surface area (Å²) in [5, 5.41) is 59.4. The van der Waals surface area contributed by atoms with Crippen LogP contribution in [0.4, 0.5) is 0 Å². The Morgan fingerprint density at radius 1 is 1.03 bits per heavy atom. The second kappa shape index (κ2) is 10.3. The van der Waals surface area contributed by atoms with Crippen LogP contribution >= 0.6 is 0 Å². The van der Waals surface area contributed by atoms with Crippen molar-refractivity contribution in [3.05, 3.63) is 47.0 Å². The summed E-state index contributed by atoms with van der Waals surface area (Å²) in [6.07, 6.45) is -4.74. The molecule has 2 aromatic rings. The van der Waals surface area contributed by atoms with Crippen molar-refractivity contribution in [2.45, 2.75) is 49.5 Å². The zero-order valence-corrected chi connectivity index (χ0v) is 18.7. The highest BCUT2D eigenvalue weighted by atomic mass is 16.7. The molecule has 0 bridgehead atoms. The van der Waals surface area contributed by atoms with Crippen molar-refractivity contribution in [1.82, 2.24) is 0 Å². The fourth-order valence-electron chi connectivity index (χ4n) is 4.36. The average Bonchev–Trinajstić information content (AvgIpc) is 3.22. The second-order valence-corrected chi connectivity index (χ2v) is 8.47. The highest BCUT2D eigenvalue weighted by molar-refractivity contribution is 5.55. The number of aliphatic hydroxyl groups is 5. The number of benzene rings is 2.